The van der Waals surface area contributed by atoms with E-state index in [9.17, 15) is 13.2 Å². The van der Waals surface area contributed by atoms with Crippen molar-refractivity contribution in [2.24, 2.45) is 0 Å². The summed E-state index contributed by atoms with van der Waals surface area (Å²) < 4.78 is 39.5. The first kappa shape index (κ1) is 18.6. The van der Waals surface area contributed by atoms with Crippen molar-refractivity contribution in [1.82, 2.24) is 14.8 Å². The van der Waals surface area contributed by atoms with Crippen molar-refractivity contribution in [1.29, 1.82) is 0 Å². The molecule has 0 atom stereocenters. The molecule has 4 rings (SSSR count). The average Bonchev–Trinajstić information content (AvgIpc) is 3.11. The number of hydrogen-bond acceptors (Lipinski definition) is 3. The largest absolute Gasteiger partial charge is 0.398 e. The summed E-state index contributed by atoms with van der Waals surface area (Å²) in [7, 11) is 0. The van der Waals surface area contributed by atoms with E-state index in [2.05, 4.69) is 10.1 Å². The third-order valence-corrected chi connectivity index (χ3v) is 5.55. The van der Waals surface area contributed by atoms with Crippen molar-refractivity contribution in [3.05, 3.63) is 72.7 Å². The molecule has 0 radical (unpaired) electrons. The van der Waals surface area contributed by atoms with Crippen LogP contribution in [0.1, 0.15) is 5.56 Å². The molecule has 0 N–H and O–H groups in total. The van der Waals surface area contributed by atoms with Crippen LogP contribution in [0.3, 0.4) is 0 Å². The minimum atomic E-state index is -4.19. The van der Waals surface area contributed by atoms with Gasteiger partial charge in [-0.05, 0) is 53.9 Å². The molecule has 142 valence electrons. The number of halogens is 3. The zero-order chi connectivity index (χ0) is 19.7. The number of benzene rings is 2. The molecule has 28 heavy (non-hydrogen) atoms. The molecule has 2 aromatic heterocycles. The Morgan fingerprint density at radius 1 is 1.04 bits per heavy atom. The molecule has 0 aliphatic carbocycles. The number of alkyl halides is 3. The molecule has 4 aromatic rings. The lowest BCUT2D eigenvalue weighted by atomic mass is 10.0. The molecule has 2 heterocycles. The third kappa shape index (κ3) is 4.04. The van der Waals surface area contributed by atoms with Gasteiger partial charge in [-0.15, -0.1) is 11.8 Å². The van der Waals surface area contributed by atoms with Crippen LogP contribution in [0.25, 0.3) is 27.7 Å². The Morgan fingerprint density at radius 2 is 1.82 bits per heavy atom. The van der Waals surface area contributed by atoms with Gasteiger partial charge < -0.3 is 0 Å². The quantitative estimate of drug-likeness (QED) is 0.391. The first-order chi connectivity index (χ1) is 13.4. The molecule has 3 nitrogen and oxygen atoms in total. The first-order valence-electron chi connectivity index (χ1n) is 8.59. The maximum absolute atomic E-state index is 12.6. The van der Waals surface area contributed by atoms with E-state index in [0.717, 1.165) is 45.0 Å². The van der Waals surface area contributed by atoms with Gasteiger partial charge in [0.2, 0.25) is 0 Å². The standard InChI is InChI=1S/C21H16F3N3S/c1-14-4-5-16(10-20(14)28-13-21(22,23)24)15-6-7-19-17(9-15)12-27(26-19)18-3-2-8-25-11-18/h2-12H,13H2,1H3. The lowest BCUT2D eigenvalue weighted by molar-refractivity contribution is -0.105. The van der Waals surface area contributed by atoms with E-state index in [1.165, 1.54) is 0 Å². The minimum absolute atomic E-state index is 0.640. The zero-order valence-corrected chi connectivity index (χ0v) is 15.8. The van der Waals surface area contributed by atoms with Crippen LogP contribution in [0.5, 0.6) is 0 Å². The van der Waals surface area contributed by atoms with Crippen molar-refractivity contribution < 1.29 is 13.2 Å². The summed E-state index contributed by atoms with van der Waals surface area (Å²) in [6, 6.07) is 15.2. The van der Waals surface area contributed by atoms with Crippen molar-refractivity contribution >= 4 is 22.7 Å². The predicted molar refractivity (Wildman–Crippen MR) is 106 cm³/mol. The highest BCUT2D eigenvalue weighted by Gasteiger charge is 2.27. The SMILES string of the molecule is Cc1ccc(-c2ccc3nn(-c4cccnc4)cc3c2)cc1SCC(F)(F)F. The summed E-state index contributed by atoms with van der Waals surface area (Å²) in [5.74, 6) is -0.895. The topological polar surface area (TPSA) is 30.7 Å². The van der Waals surface area contributed by atoms with Crippen LogP contribution in [0.4, 0.5) is 13.2 Å². The number of hydrogen-bond donors (Lipinski definition) is 0. The Balaban J connectivity index is 1.67. The van der Waals surface area contributed by atoms with Gasteiger partial charge >= 0.3 is 6.18 Å². The lowest BCUT2D eigenvalue weighted by Gasteiger charge is -2.10. The fourth-order valence-corrected chi connectivity index (χ4v) is 3.75. The molecule has 0 fully saturated rings. The molecular formula is C21H16F3N3S. The van der Waals surface area contributed by atoms with Crippen molar-refractivity contribution in [3.63, 3.8) is 0 Å². The van der Waals surface area contributed by atoms with Gasteiger partial charge in [0.15, 0.2) is 0 Å². The Hall–Kier alpha value is -2.80. The average molecular weight is 399 g/mol. The van der Waals surface area contributed by atoms with E-state index in [0.29, 0.717) is 4.90 Å². The molecule has 0 saturated carbocycles. The van der Waals surface area contributed by atoms with E-state index in [4.69, 9.17) is 0 Å². The molecule has 7 heteroatoms. The van der Waals surface area contributed by atoms with Crippen molar-refractivity contribution in [2.75, 3.05) is 5.75 Å². The molecule has 0 aliphatic heterocycles. The molecule has 0 unspecified atom stereocenters. The van der Waals surface area contributed by atoms with Crippen LogP contribution in [0, 0.1) is 6.92 Å². The number of pyridine rings is 1. The van der Waals surface area contributed by atoms with Gasteiger partial charge in [-0.1, -0.05) is 18.2 Å². The van der Waals surface area contributed by atoms with Gasteiger partial charge in [-0.3, -0.25) is 4.98 Å². The van der Waals surface area contributed by atoms with Gasteiger partial charge in [0.1, 0.15) is 0 Å². The highest BCUT2D eigenvalue weighted by Crippen LogP contribution is 2.33. The van der Waals surface area contributed by atoms with Crippen LogP contribution >= 0.6 is 11.8 Å². The fraction of sp³-hybridized carbons (Fsp3) is 0.143. The number of aryl methyl sites for hydroxylation is 1. The maximum Gasteiger partial charge on any atom is 0.398 e. The van der Waals surface area contributed by atoms with E-state index < -0.39 is 11.9 Å². The fourth-order valence-electron chi connectivity index (χ4n) is 2.92. The smallest absolute Gasteiger partial charge is 0.262 e. The summed E-state index contributed by atoms with van der Waals surface area (Å²) >= 11 is 0.819. The second-order valence-electron chi connectivity index (χ2n) is 6.44. The van der Waals surface area contributed by atoms with E-state index in [-0.39, 0.29) is 0 Å². The molecule has 0 saturated heterocycles. The highest BCUT2D eigenvalue weighted by atomic mass is 32.2. The van der Waals surface area contributed by atoms with Gasteiger partial charge in [0.05, 0.1) is 23.2 Å². The minimum Gasteiger partial charge on any atom is -0.262 e. The van der Waals surface area contributed by atoms with Crippen LogP contribution < -0.4 is 0 Å². The molecule has 0 bridgehead atoms. The summed E-state index contributed by atoms with van der Waals surface area (Å²) in [6.07, 6.45) is 1.17. The lowest BCUT2D eigenvalue weighted by Crippen LogP contribution is -2.10. The van der Waals surface area contributed by atoms with Crippen molar-refractivity contribution in [2.45, 2.75) is 18.0 Å². The van der Waals surface area contributed by atoms with Crippen LogP contribution in [0.15, 0.2) is 72.0 Å². The van der Waals surface area contributed by atoms with Gasteiger partial charge in [0.25, 0.3) is 0 Å². The van der Waals surface area contributed by atoms with Crippen molar-refractivity contribution in [3.8, 4) is 16.8 Å². The van der Waals surface area contributed by atoms with Gasteiger partial charge in [-0.25, -0.2) is 4.68 Å². The predicted octanol–water partition coefficient (Wildman–Crippen LogP) is 6.05. The number of rotatable bonds is 4. The monoisotopic (exact) mass is 399 g/mol. The Kier molecular flexibility index (Phi) is 4.85. The number of fused-ring (bicyclic) bond motifs is 1. The van der Waals surface area contributed by atoms with Crippen LogP contribution in [-0.4, -0.2) is 26.7 Å². The summed E-state index contributed by atoms with van der Waals surface area (Å²) in [6.45, 7) is 1.82. The zero-order valence-electron chi connectivity index (χ0n) is 14.9. The van der Waals surface area contributed by atoms with E-state index in [1.54, 1.807) is 17.1 Å². The molecule has 0 aliphatic rings. The Morgan fingerprint density at radius 3 is 2.57 bits per heavy atom. The first-order valence-corrected chi connectivity index (χ1v) is 9.58. The summed E-state index contributed by atoms with van der Waals surface area (Å²) in [5, 5.41) is 5.50. The second-order valence-corrected chi connectivity index (χ2v) is 7.46. The van der Waals surface area contributed by atoms with E-state index >= 15 is 0 Å². The number of nitrogens with zero attached hydrogens (tertiary/aromatic N) is 3. The summed E-state index contributed by atoms with van der Waals surface area (Å²) in [4.78, 5) is 4.75. The second kappa shape index (κ2) is 7.31. The highest BCUT2D eigenvalue weighted by molar-refractivity contribution is 7.99. The number of thioether (sulfide) groups is 1. The maximum atomic E-state index is 12.6. The molecule has 0 amide bonds. The number of aromatic nitrogens is 3. The summed E-state index contributed by atoms with van der Waals surface area (Å²) in [5.41, 5.74) is 4.36. The Labute approximate surface area is 164 Å². The van der Waals surface area contributed by atoms with E-state index in [1.807, 2.05) is 61.7 Å². The Bertz CT molecular complexity index is 1120. The van der Waals surface area contributed by atoms with Gasteiger partial charge in [-0.2, -0.15) is 18.3 Å². The normalized spacial score (nSPS) is 11.9. The van der Waals surface area contributed by atoms with Gasteiger partial charge in [0, 0.05) is 22.7 Å². The third-order valence-electron chi connectivity index (χ3n) is 4.33. The molecular weight excluding hydrogens is 383 g/mol. The van der Waals surface area contributed by atoms with Crippen LogP contribution in [0.2, 0.25) is 0 Å². The van der Waals surface area contributed by atoms with Crippen LogP contribution in [-0.2, 0) is 0 Å². The molecule has 0 spiro atoms. The molecule has 2 aromatic carbocycles.